The Kier molecular flexibility index (Phi) is 6.81. The third kappa shape index (κ3) is 8.24. The number of rotatable bonds is 8. The highest BCUT2D eigenvalue weighted by Gasteiger charge is 2.13. The predicted octanol–water partition coefficient (Wildman–Crippen LogP) is -0.490. The normalized spacial score (nSPS) is 13.5. The summed E-state index contributed by atoms with van der Waals surface area (Å²) in [4.78, 5) is 10.4. The first-order valence-electron chi connectivity index (χ1n) is 3.97. The fraction of sp³-hybridized carbons (Fsp3) is 0.714. The lowest BCUT2D eigenvalue weighted by atomic mass is 10.4. The van der Waals surface area contributed by atoms with Crippen molar-refractivity contribution in [2.24, 2.45) is 0 Å². The molecule has 0 rings (SSSR count). The molecular formula is C7H13NO4S2. The molecule has 0 saturated heterocycles. The van der Waals surface area contributed by atoms with Crippen LogP contribution in [0.3, 0.4) is 0 Å². The van der Waals surface area contributed by atoms with Crippen molar-refractivity contribution in [1.82, 2.24) is 5.32 Å². The van der Waals surface area contributed by atoms with Gasteiger partial charge in [0.25, 0.3) is 10.1 Å². The molecule has 0 amide bonds. The minimum atomic E-state index is -3.58. The van der Waals surface area contributed by atoms with Gasteiger partial charge in [-0.15, -0.1) is 0 Å². The maximum atomic E-state index is 10.7. The smallest absolute Gasteiger partial charge is 0.265 e. The number of carbonyl (C=O) groups excluding carboxylic acids is 1. The molecule has 0 saturated carbocycles. The minimum Gasteiger partial charge on any atom is -0.313 e. The van der Waals surface area contributed by atoms with E-state index in [4.69, 9.17) is 0 Å². The Morgan fingerprint density at radius 2 is 2.21 bits per heavy atom. The summed E-state index contributed by atoms with van der Waals surface area (Å²) in [6, 6.07) is 0. The van der Waals surface area contributed by atoms with Crippen LogP contribution in [0.25, 0.3) is 0 Å². The highest BCUT2D eigenvalue weighted by molar-refractivity contribution is 7.86. The van der Waals surface area contributed by atoms with Crippen molar-refractivity contribution in [2.45, 2.75) is 12.5 Å². The number of hydrogen-bond acceptors (Lipinski definition) is 6. The van der Waals surface area contributed by atoms with Crippen molar-refractivity contribution >= 4 is 34.0 Å². The molecule has 14 heavy (non-hydrogen) atoms. The van der Waals surface area contributed by atoms with Gasteiger partial charge in [0.15, 0.2) is 6.29 Å². The predicted molar refractivity (Wildman–Crippen MR) is 56.9 cm³/mol. The van der Waals surface area contributed by atoms with Crippen LogP contribution in [0.4, 0.5) is 0 Å². The van der Waals surface area contributed by atoms with Gasteiger partial charge in [0, 0.05) is 6.54 Å². The van der Waals surface area contributed by atoms with Crippen LogP contribution in [-0.4, -0.2) is 45.5 Å². The number of hydrogen-bond donors (Lipinski definition) is 1. The van der Waals surface area contributed by atoms with Gasteiger partial charge in [0.05, 0.1) is 6.26 Å². The van der Waals surface area contributed by atoms with Gasteiger partial charge in [-0.25, -0.2) is 0 Å². The first kappa shape index (κ1) is 13.6. The molecule has 1 unspecified atom stereocenters. The zero-order chi connectivity index (χ0) is 11.0. The maximum absolute atomic E-state index is 10.7. The van der Waals surface area contributed by atoms with Gasteiger partial charge >= 0.3 is 0 Å². The quantitative estimate of drug-likeness (QED) is 0.267. The molecule has 0 aromatic carbocycles. The van der Waals surface area contributed by atoms with Gasteiger partial charge in [0.2, 0.25) is 0 Å². The highest BCUT2D eigenvalue weighted by atomic mass is 32.2. The van der Waals surface area contributed by atoms with E-state index in [1.54, 1.807) is 5.37 Å². The molecule has 0 aliphatic rings. The maximum Gasteiger partial charge on any atom is 0.265 e. The largest absolute Gasteiger partial charge is 0.313 e. The van der Waals surface area contributed by atoms with Gasteiger partial charge in [0.1, 0.15) is 6.10 Å². The topological polar surface area (TPSA) is 72.5 Å². The molecule has 0 spiro atoms. The van der Waals surface area contributed by atoms with Crippen LogP contribution in [0.15, 0.2) is 0 Å². The van der Waals surface area contributed by atoms with Crippen molar-refractivity contribution in [3.8, 4) is 0 Å². The lowest BCUT2D eigenvalue weighted by Crippen LogP contribution is -2.32. The Labute approximate surface area is 88.9 Å². The van der Waals surface area contributed by atoms with E-state index in [0.29, 0.717) is 19.3 Å². The van der Waals surface area contributed by atoms with Crippen LogP contribution in [0.2, 0.25) is 0 Å². The van der Waals surface area contributed by atoms with Gasteiger partial charge < -0.3 is 10.1 Å². The highest BCUT2D eigenvalue weighted by Crippen LogP contribution is 1.93. The minimum absolute atomic E-state index is 0.166. The lowest BCUT2D eigenvalue weighted by Gasteiger charge is -2.09. The molecular weight excluding hydrogens is 226 g/mol. The number of thiocarbonyl (C=S) groups is 1. The van der Waals surface area contributed by atoms with Crippen LogP contribution < -0.4 is 5.32 Å². The van der Waals surface area contributed by atoms with Gasteiger partial charge in [-0.2, -0.15) is 8.42 Å². The van der Waals surface area contributed by atoms with Gasteiger partial charge in [-0.1, -0.05) is 12.2 Å². The van der Waals surface area contributed by atoms with Crippen LogP contribution in [-0.2, 0) is 19.1 Å². The molecule has 1 atom stereocenters. The first-order chi connectivity index (χ1) is 6.49. The van der Waals surface area contributed by atoms with E-state index in [1.807, 2.05) is 0 Å². The third-order valence-electron chi connectivity index (χ3n) is 1.23. The Morgan fingerprint density at radius 3 is 2.64 bits per heavy atom. The zero-order valence-corrected chi connectivity index (χ0v) is 9.44. The van der Waals surface area contributed by atoms with E-state index in [2.05, 4.69) is 21.7 Å². The Hall–Kier alpha value is -0.370. The van der Waals surface area contributed by atoms with Crippen LogP contribution in [0, 0.1) is 0 Å². The molecule has 0 aliphatic heterocycles. The van der Waals surface area contributed by atoms with E-state index in [9.17, 15) is 13.2 Å². The SMILES string of the molecule is CS(=O)(=O)OC(C=O)CNCCC=S. The summed E-state index contributed by atoms with van der Waals surface area (Å²) in [6.45, 7) is 0.765. The zero-order valence-electron chi connectivity index (χ0n) is 7.80. The molecule has 1 N–H and O–H groups in total. The van der Waals surface area contributed by atoms with Crippen molar-refractivity contribution in [2.75, 3.05) is 19.3 Å². The summed E-state index contributed by atoms with van der Waals surface area (Å²) < 4.78 is 25.8. The van der Waals surface area contributed by atoms with Crippen molar-refractivity contribution in [3.05, 3.63) is 0 Å². The van der Waals surface area contributed by atoms with Gasteiger partial charge in [-0.05, 0) is 18.3 Å². The molecule has 0 aliphatic carbocycles. The summed E-state index contributed by atoms with van der Waals surface area (Å²) in [7, 11) is -3.58. The second-order valence-electron chi connectivity index (χ2n) is 2.63. The summed E-state index contributed by atoms with van der Waals surface area (Å²) in [6.07, 6.45) is 1.07. The second kappa shape index (κ2) is 6.99. The summed E-state index contributed by atoms with van der Waals surface area (Å²) >= 11 is 4.59. The molecule has 0 heterocycles. The third-order valence-corrected chi connectivity index (χ3v) is 2.07. The van der Waals surface area contributed by atoms with E-state index >= 15 is 0 Å². The molecule has 0 aromatic rings. The van der Waals surface area contributed by atoms with Crippen molar-refractivity contribution in [3.63, 3.8) is 0 Å². The molecule has 0 aromatic heterocycles. The Bertz CT molecular complexity index is 275. The Morgan fingerprint density at radius 1 is 1.57 bits per heavy atom. The molecule has 7 heteroatoms. The summed E-state index contributed by atoms with van der Waals surface area (Å²) in [5.41, 5.74) is 0. The number of carbonyl (C=O) groups is 1. The monoisotopic (exact) mass is 239 g/mol. The molecule has 5 nitrogen and oxygen atoms in total. The standard InChI is InChI=1S/C7H13NO4S2/c1-14(10,11)12-7(6-9)5-8-3-2-4-13/h4,6-8H,2-3,5H2,1H3. The molecule has 82 valence electrons. The Balaban J connectivity index is 3.80. The van der Waals surface area contributed by atoms with Crippen LogP contribution >= 0.6 is 12.2 Å². The van der Waals surface area contributed by atoms with E-state index in [0.717, 1.165) is 6.26 Å². The first-order valence-corrected chi connectivity index (χ1v) is 6.26. The number of nitrogens with one attached hydrogen (secondary N) is 1. The van der Waals surface area contributed by atoms with E-state index in [1.165, 1.54) is 0 Å². The van der Waals surface area contributed by atoms with E-state index < -0.39 is 16.2 Å². The average molecular weight is 239 g/mol. The fourth-order valence-electron chi connectivity index (χ4n) is 0.735. The van der Waals surface area contributed by atoms with Crippen LogP contribution in [0.5, 0.6) is 0 Å². The van der Waals surface area contributed by atoms with Crippen LogP contribution in [0.1, 0.15) is 6.42 Å². The van der Waals surface area contributed by atoms with Gasteiger partial charge in [-0.3, -0.25) is 4.18 Å². The van der Waals surface area contributed by atoms with Crippen molar-refractivity contribution < 1.29 is 17.4 Å². The molecule has 0 fully saturated rings. The fourth-order valence-corrected chi connectivity index (χ4v) is 1.41. The summed E-state index contributed by atoms with van der Waals surface area (Å²) in [5.74, 6) is 0. The average Bonchev–Trinajstić information content (AvgIpc) is 2.08. The lowest BCUT2D eigenvalue weighted by molar-refractivity contribution is -0.113. The molecule has 0 bridgehead atoms. The number of aldehydes is 1. The molecule has 0 radical (unpaired) electrons. The van der Waals surface area contributed by atoms with Crippen molar-refractivity contribution in [1.29, 1.82) is 0 Å². The second-order valence-corrected chi connectivity index (χ2v) is 4.57. The van der Waals surface area contributed by atoms with E-state index in [-0.39, 0.29) is 6.54 Å². The summed E-state index contributed by atoms with van der Waals surface area (Å²) in [5, 5.41) is 4.40.